The number of ether oxygens (including phenoxy) is 1. The Morgan fingerprint density at radius 2 is 1.72 bits per heavy atom. The van der Waals surface area contributed by atoms with Gasteiger partial charge in [-0.15, -0.1) is 0 Å². The van der Waals surface area contributed by atoms with Crippen molar-refractivity contribution in [1.82, 2.24) is 14.7 Å². The van der Waals surface area contributed by atoms with Crippen LogP contribution in [0.4, 0.5) is 0 Å². The molecule has 0 fully saturated rings. The van der Waals surface area contributed by atoms with Crippen molar-refractivity contribution in [3.05, 3.63) is 68.5 Å². The summed E-state index contributed by atoms with van der Waals surface area (Å²) in [4.78, 5) is 14.9. The van der Waals surface area contributed by atoms with Gasteiger partial charge in [0.25, 0.3) is 5.56 Å². The highest BCUT2D eigenvalue weighted by Gasteiger charge is 2.09. The van der Waals surface area contributed by atoms with Crippen molar-refractivity contribution in [2.24, 2.45) is 0 Å². The maximum Gasteiger partial charge on any atom is 0.274 e. The lowest BCUT2D eigenvalue weighted by Gasteiger charge is -2.11. The quantitative estimate of drug-likeness (QED) is 0.365. The first-order valence-corrected chi connectivity index (χ1v) is 10.4. The van der Waals surface area contributed by atoms with Crippen LogP contribution in [-0.2, 0) is 6.54 Å². The number of nitrogens with zero attached hydrogens (tertiary/aromatic N) is 3. The van der Waals surface area contributed by atoms with Crippen LogP contribution in [0.5, 0.6) is 5.75 Å². The number of aromatic nitrogens is 2. The van der Waals surface area contributed by atoms with Crippen molar-refractivity contribution >= 4 is 38.9 Å². The maximum atomic E-state index is 12.8. The molecule has 5 nitrogen and oxygen atoms in total. The van der Waals surface area contributed by atoms with Crippen molar-refractivity contribution in [2.45, 2.75) is 19.4 Å². The molecule has 0 amide bonds. The number of methoxy groups -OCH3 is 1. The summed E-state index contributed by atoms with van der Waals surface area (Å²) in [5.74, 6) is 0.834. The molecule has 0 atom stereocenters. The van der Waals surface area contributed by atoms with Crippen molar-refractivity contribution in [2.75, 3.05) is 27.7 Å². The summed E-state index contributed by atoms with van der Waals surface area (Å²) < 4.78 is 7.44. The van der Waals surface area contributed by atoms with Crippen molar-refractivity contribution in [3.63, 3.8) is 0 Å². The van der Waals surface area contributed by atoms with Gasteiger partial charge in [-0.2, -0.15) is 5.10 Å². The highest BCUT2D eigenvalue weighted by atomic mass is 79.9. The molecule has 0 saturated carbocycles. The Balaban J connectivity index is 1.80. The summed E-state index contributed by atoms with van der Waals surface area (Å²) in [7, 11) is 5.76. The average molecular weight is 456 g/mol. The number of hydrogen-bond donors (Lipinski definition) is 0. The third kappa shape index (κ3) is 5.55. The van der Waals surface area contributed by atoms with E-state index in [9.17, 15) is 4.79 Å². The molecule has 0 aliphatic rings. The number of halogens is 1. The minimum absolute atomic E-state index is 0.0428. The van der Waals surface area contributed by atoms with Crippen LogP contribution in [0, 0.1) is 0 Å². The Bertz CT molecular complexity index is 1060. The maximum absolute atomic E-state index is 12.8. The molecule has 0 spiro atoms. The molecule has 0 radical (unpaired) electrons. The molecule has 6 heteroatoms. The van der Waals surface area contributed by atoms with Gasteiger partial charge >= 0.3 is 0 Å². The van der Waals surface area contributed by atoms with Crippen LogP contribution < -0.4 is 10.3 Å². The van der Waals surface area contributed by atoms with Gasteiger partial charge in [0, 0.05) is 11.9 Å². The van der Waals surface area contributed by atoms with E-state index in [-0.39, 0.29) is 5.56 Å². The van der Waals surface area contributed by atoms with Crippen LogP contribution in [0.1, 0.15) is 24.0 Å². The topological polar surface area (TPSA) is 47.4 Å². The highest BCUT2D eigenvalue weighted by molar-refractivity contribution is 9.10. The summed E-state index contributed by atoms with van der Waals surface area (Å²) in [5.41, 5.74) is 2.05. The van der Waals surface area contributed by atoms with Gasteiger partial charge in [-0.05, 0) is 84.8 Å². The molecule has 0 saturated heterocycles. The molecule has 1 heterocycles. The van der Waals surface area contributed by atoms with Crippen LogP contribution >= 0.6 is 15.9 Å². The monoisotopic (exact) mass is 455 g/mol. The molecular weight excluding hydrogens is 430 g/mol. The Hall–Kier alpha value is -2.44. The molecule has 0 N–H and O–H groups in total. The molecule has 29 heavy (non-hydrogen) atoms. The molecule has 0 aliphatic heterocycles. The summed E-state index contributed by atoms with van der Waals surface area (Å²) >= 11 is 3.54. The molecule has 3 aromatic rings. The average Bonchev–Trinajstić information content (AvgIpc) is 2.73. The number of fused-ring (bicyclic) bond motifs is 1. The number of benzene rings is 2. The van der Waals surface area contributed by atoms with E-state index in [0.29, 0.717) is 16.5 Å². The van der Waals surface area contributed by atoms with E-state index in [1.165, 1.54) is 0 Å². The number of aryl methyl sites for hydroxylation is 1. The zero-order chi connectivity index (χ0) is 20.8. The predicted molar refractivity (Wildman–Crippen MR) is 123 cm³/mol. The van der Waals surface area contributed by atoms with Crippen molar-refractivity contribution in [1.29, 1.82) is 0 Å². The van der Waals surface area contributed by atoms with E-state index in [0.717, 1.165) is 41.6 Å². The largest absolute Gasteiger partial charge is 0.497 e. The second kappa shape index (κ2) is 9.85. The first-order chi connectivity index (χ1) is 14.0. The van der Waals surface area contributed by atoms with Gasteiger partial charge in [0.1, 0.15) is 10.4 Å². The van der Waals surface area contributed by atoms with Gasteiger partial charge in [-0.3, -0.25) is 4.79 Å². The molecule has 152 valence electrons. The minimum Gasteiger partial charge on any atom is -0.497 e. The summed E-state index contributed by atoms with van der Waals surface area (Å²) in [6.45, 7) is 1.63. The standard InChI is InChI=1S/C23H26BrN3O2/c1-26(2)14-4-5-15-27-23(28)20-13-10-18(16-21(20)22(24)25-27)7-6-17-8-11-19(29-3)12-9-17/h6-13,16H,4-5,14-15H2,1-3H3/b7-6+. The van der Waals surface area contributed by atoms with Gasteiger partial charge < -0.3 is 9.64 Å². The van der Waals surface area contributed by atoms with Crippen LogP contribution in [0.25, 0.3) is 22.9 Å². The van der Waals surface area contributed by atoms with Crippen LogP contribution in [0.2, 0.25) is 0 Å². The lowest BCUT2D eigenvalue weighted by molar-refractivity contribution is 0.383. The summed E-state index contributed by atoms with van der Waals surface area (Å²) in [6.07, 6.45) is 6.02. The van der Waals surface area contributed by atoms with Crippen LogP contribution in [0.3, 0.4) is 0 Å². The first kappa shape index (κ1) is 21.3. The Morgan fingerprint density at radius 1 is 1.03 bits per heavy atom. The lowest BCUT2D eigenvalue weighted by atomic mass is 10.1. The molecular formula is C23H26BrN3O2. The molecule has 0 aliphatic carbocycles. The minimum atomic E-state index is -0.0428. The van der Waals surface area contributed by atoms with Crippen molar-refractivity contribution in [3.8, 4) is 5.75 Å². The van der Waals surface area contributed by atoms with E-state index in [4.69, 9.17) is 4.74 Å². The van der Waals surface area contributed by atoms with Gasteiger partial charge in [-0.1, -0.05) is 30.4 Å². The third-order valence-electron chi connectivity index (χ3n) is 4.75. The molecule has 2 aromatic carbocycles. The second-order valence-corrected chi connectivity index (χ2v) is 7.99. The number of unbranched alkanes of at least 4 members (excludes halogenated alkanes) is 1. The zero-order valence-corrected chi connectivity index (χ0v) is 18.6. The highest BCUT2D eigenvalue weighted by Crippen LogP contribution is 2.22. The van der Waals surface area contributed by atoms with Crippen LogP contribution in [-0.4, -0.2) is 42.4 Å². The Kier molecular flexibility index (Phi) is 7.23. The SMILES string of the molecule is COc1ccc(/C=C/c2ccc3c(=O)n(CCCCN(C)C)nc(Br)c3c2)cc1. The van der Waals surface area contributed by atoms with E-state index in [1.54, 1.807) is 11.8 Å². The fourth-order valence-corrected chi connectivity index (χ4v) is 3.64. The normalized spacial score (nSPS) is 11.6. The van der Waals surface area contributed by atoms with Gasteiger partial charge in [0.05, 0.1) is 12.5 Å². The van der Waals surface area contributed by atoms with E-state index in [2.05, 4.69) is 40.0 Å². The number of hydrogen-bond acceptors (Lipinski definition) is 4. The van der Waals surface area contributed by atoms with E-state index >= 15 is 0 Å². The number of rotatable bonds is 8. The predicted octanol–water partition coefficient (Wildman–Crippen LogP) is 4.68. The fourth-order valence-electron chi connectivity index (χ4n) is 3.12. The smallest absolute Gasteiger partial charge is 0.274 e. The molecule has 0 bridgehead atoms. The van der Waals surface area contributed by atoms with Gasteiger partial charge in [0.15, 0.2) is 0 Å². The molecule has 1 aromatic heterocycles. The lowest BCUT2D eigenvalue weighted by Crippen LogP contribution is -2.24. The fraction of sp³-hybridized carbons (Fsp3) is 0.304. The second-order valence-electron chi connectivity index (χ2n) is 7.24. The Labute approximate surface area is 179 Å². The zero-order valence-electron chi connectivity index (χ0n) is 17.1. The Morgan fingerprint density at radius 3 is 2.41 bits per heavy atom. The van der Waals surface area contributed by atoms with Crippen LogP contribution in [0.15, 0.2) is 51.9 Å². The van der Waals surface area contributed by atoms with Crippen molar-refractivity contribution < 1.29 is 4.74 Å². The molecule has 3 rings (SSSR count). The third-order valence-corrected chi connectivity index (χ3v) is 5.33. The van der Waals surface area contributed by atoms with Gasteiger partial charge in [0.2, 0.25) is 0 Å². The van der Waals surface area contributed by atoms with E-state index in [1.807, 2.05) is 54.6 Å². The van der Waals surface area contributed by atoms with Gasteiger partial charge in [-0.25, -0.2) is 4.68 Å². The first-order valence-electron chi connectivity index (χ1n) is 9.65. The summed E-state index contributed by atoms with van der Waals surface area (Å²) in [5, 5.41) is 5.98. The van der Waals surface area contributed by atoms with E-state index < -0.39 is 0 Å². The molecule has 0 unspecified atom stereocenters. The summed E-state index contributed by atoms with van der Waals surface area (Å²) in [6, 6.07) is 13.7.